The number of halogens is 4. The summed E-state index contributed by atoms with van der Waals surface area (Å²) in [6.07, 6.45) is -3.65. The van der Waals surface area contributed by atoms with E-state index in [4.69, 9.17) is 22.1 Å². The molecule has 0 aliphatic carbocycles. The second kappa shape index (κ2) is 7.74. The van der Waals surface area contributed by atoms with Gasteiger partial charge in [-0.25, -0.2) is 0 Å². The van der Waals surface area contributed by atoms with E-state index in [-0.39, 0.29) is 19.1 Å². The molecule has 0 heterocycles. The van der Waals surface area contributed by atoms with Crippen LogP contribution in [0.1, 0.15) is 31.7 Å². The molecule has 0 aliphatic rings. The molecule has 0 fully saturated rings. The first-order valence-electron chi connectivity index (χ1n) is 6.55. The molecule has 0 saturated heterocycles. The number of benzene rings is 1. The summed E-state index contributed by atoms with van der Waals surface area (Å²) in [7, 11) is 0. The van der Waals surface area contributed by atoms with Crippen molar-refractivity contribution in [2.75, 3.05) is 6.61 Å². The molecule has 0 aliphatic heterocycles. The van der Waals surface area contributed by atoms with Crippen molar-refractivity contribution in [3.63, 3.8) is 0 Å². The topological polar surface area (TPSA) is 35.2 Å². The molecule has 0 bridgehead atoms. The van der Waals surface area contributed by atoms with Gasteiger partial charge in [-0.2, -0.15) is 13.2 Å². The fourth-order valence-electron chi connectivity index (χ4n) is 1.73. The Morgan fingerprint density at radius 3 is 2.65 bits per heavy atom. The molecule has 114 valence electrons. The van der Waals surface area contributed by atoms with Crippen molar-refractivity contribution >= 4 is 11.6 Å². The van der Waals surface area contributed by atoms with Gasteiger partial charge in [0, 0.05) is 17.5 Å². The number of hydrogen-bond acceptors (Lipinski definition) is 2. The number of alkyl halides is 3. The summed E-state index contributed by atoms with van der Waals surface area (Å²) in [6, 6.07) is 5.05. The molecule has 6 heteroatoms. The summed E-state index contributed by atoms with van der Waals surface area (Å²) < 4.78 is 41.5. The second-order valence-electron chi connectivity index (χ2n) is 4.69. The van der Waals surface area contributed by atoms with Crippen LogP contribution in [0.4, 0.5) is 13.2 Å². The smallest absolute Gasteiger partial charge is 0.389 e. The van der Waals surface area contributed by atoms with Crippen molar-refractivity contribution in [2.24, 2.45) is 5.73 Å². The van der Waals surface area contributed by atoms with Gasteiger partial charge in [-0.3, -0.25) is 0 Å². The highest BCUT2D eigenvalue weighted by Crippen LogP contribution is 2.26. The summed E-state index contributed by atoms with van der Waals surface area (Å²) in [6.45, 7) is 1.99. The van der Waals surface area contributed by atoms with Gasteiger partial charge in [0.25, 0.3) is 0 Å². The quantitative estimate of drug-likeness (QED) is 0.760. The minimum atomic E-state index is -4.14. The van der Waals surface area contributed by atoms with Crippen LogP contribution in [0.3, 0.4) is 0 Å². The van der Waals surface area contributed by atoms with Gasteiger partial charge in [-0.05, 0) is 43.0 Å². The standard InChI is InChI=1S/C14H19ClF3NO/c1-2-12(19)9-10-8-11(15)4-5-13(10)20-7-3-6-14(16,17)18/h4-5,8,12H,2-3,6-7,9,19H2,1H3. The lowest BCUT2D eigenvalue weighted by Crippen LogP contribution is -2.21. The van der Waals surface area contributed by atoms with Gasteiger partial charge in [0.15, 0.2) is 0 Å². The Hall–Kier alpha value is -0.940. The monoisotopic (exact) mass is 309 g/mol. The molecule has 0 aromatic heterocycles. The predicted octanol–water partition coefficient (Wildman–Crippen LogP) is 4.34. The summed E-state index contributed by atoms with van der Waals surface area (Å²) in [5.41, 5.74) is 6.72. The summed E-state index contributed by atoms with van der Waals surface area (Å²) >= 11 is 5.92. The fraction of sp³-hybridized carbons (Fsp3) is 0.571. The van der Waals surface area contributed by atoms with Crippen molar-refractivity contribution in [3.05, 3.63) is 28.8 Å². The first kappa shape index (κ1) is 17.1. The van der Waals surface area contributed by atoms with Crippen LogP contribution in [0.2, 0.25) is 5.02 Å². The molecule has 1 rings (SSSR count). The Morgan fingerprint density at radius 2 is 2.05 bits per heavy atom. The largest absolute Gasteiger partial charge is 0.493 e. The van der Waals surface area contributed by atoms with E-state index in [1.54, 1.807) is 18.2 Å². The van der Waals surface area contributed by atoms with Gasteiger partial charge in [-0.1, -0.05) is 18.5 Å². The van der Waals surface area contributed by atoms with Crippen LogP contribution in [0.15, 0.2) is 18.2 Å². The number of rotatable bonds is 7. The Bertz CT molecular complexity index is 423. The van der Waals surface area contributed by atoms with Crippen molar-refractivity contribution in [2.45, 2.75) is 44.8 Å². The van der Waals surface area contributed by atoms with E-state index in [1.807, 2.05) is 6.92 Å². The first-order valence-corrected chi connectivity index (χ1v) is 6.93. The maximum absolute atomic E-state index is 12.0. The summed E-state index contributed by atoms with van der Waals surface area (Å²) in [4.78, 5) is 0. The van der Waals surface area contributed by atoms with Gasteiger partial charge in [0.05, 0.1) is 6.61 Å². The van der Waals surface area contributed by atoms with Crippen LogP contribution in [0.5, 0.6) is 5.75 Å². The molecule has 20 heavy (non-hydrogen) atoms. The molecule has 2 nitrogen and oxygen atoms in total. The molecule has 0 spiro atoms. The third-order valence-electron chi connectivity index (χ3n) is 2.89. The lowest BCUT2D eigenvalue weighted by Gasteiger charge is -2.15. The van der Waals surface area contributed by atoms with E-state index in [2.05, 4.69) is 0 Å². The molecular formula is C14H19ClF3NO. The third kappa shape index (κ3) is 6.48. The van der Waals surface area contributed by atoms with Gasteiger partial charge in [0.2, 0.25) is 0 Å². The molecule has 1 aromatic carbocycles. The molecule has 1 unspecified atom stereocenters. The Labute approximate surface area is 122 Å². The zero-order valence-electron chi connectivity index (χ0n) is 11.3. The highest BCUT2D eigenvalue weighted by Gasteiger charge is 2.26. The van der Waals surface area contributed by atoms with Crippen molar-refractivity contribution in [1.82, 2.24) is 0 Å². The lowest BCUT2D eigenvalue weighted by atomic mass is 10.0. The average Bonchev–Trinajstić information content (AvgIpc) is 2.35. The Morgan fingerprint density at radius 1 is 1.35 bits per heavy atom. The molecule has 1 atom stereocenters. The lowest BCUT2D eigenvalue weighted by molar-refractivity contribution is -0.136. The maximum atomic E-state index is 12.0. The van der Waals surface area contributed by atoms with Crippen molar-refractivity contribution < 1.29 is 17.9 Å². The molecule has 0 amide bonds. The molecule has 0 radical (unpaired) electrons. The summed E-state index contributed by atoms with van der Waals surface area (Å²) in [5, 5.41) is 0.561. The fourth-order valence-corrected chi connectivity index (χ4v) is 1.92. The van der Waals surface area contributed by atoms with E-state index >= 15 is 0 Å². The minimum absolute atomic E-state index is 0.0222. The van der Waals surface area contributed by atoms with Gasteiger partial charge in [-0.15, -0.1) is 0 Å². The Balaban J connectivity index is 2.60. The van der Waals surface area contributed by atoms with E-state index in [0.29, 0.717) is 17.2 Å². The van der Waals surface area contributed by atoms with Crippen molar-refractivity contribution in [3.8, 4) is 5.75 Å². The number of hydrogen-bond donors (Lipinski definition) is 1. The average molecular weight is 310 g/mol. The summed E-state index contributed by atoms with van der Waals surface area (Å²) in [5.74, 6) is 0.556. The van der Waals surface area contributed by atoms with Crippen molar-refractivity contribution in [1.29, 1.82) is 0 Å². The minimum Gasteiger partial charge on any atom is -0.493 e. The van der Waals surface area contributed by atoms with Crippen LogP contribution in [-0.2, 0) is 6.42 Å². The van der Waals surface area contributed by atoms with Gasteiger partial charge in [0.1, 0.15) is 5.75 Å². The number of ether oxygens (including phenoxy) is 1. The second-order valence-corrected chi connectivity index (χ2v) is 5.13. The van der Waals surface area contributed by atoms with E-state index < -0.39 is 12.6 Å². The van der Waals surface area contributed by atoms with Crippen LogP contribution in [0.25, 0.3) is 0 Å². The normalized spacial score (nSPS) is 13.3. The molecule has 1 aromatic rings. The van der Waals surface area contributed by atoms with E-state index in [9.17, 15) is 13.2 Å². The van der Waals surface area contributed by atoms with E-state index in [0.717, 1.165) is 12.0 Å². The highest BCUT2D eigenvalue weighted by atomic mass is 35.5. The molecule has 2 N–H and O–H groups in total. The third-order valence-corrected chi connectivity index (χ3v) is 3.13. The van der Waals surface area contributed by atoms with Gasteiger partial charge >= 0.3 is 6.18 Å². The highest BCUT2D eigenvalue weighted by molar-refractivity contribution is 6.30. The predicted molar refractivity (Wildman–Crippen MR) is 74.2 cm³/mol. The van der Waals surface area contributed by atoms with Crippen LogP contribution in [-0.4, -0.2) is 18.8 Å². The van der Waals surface area contributed by atoms with E-state index in [1.165, 1.54) is 0 Å². The van der Waals surface area contributed by atoms with Crippen LogP contribution < -0.4 is 10.5 Å². The molecule has 0 saturated carbocycles. The molecular weight excluding hydrogens is 291 g/mol. The number of nitrogens with two attached hydrogens (primary N) is 1. The first-order chi connectivity index (χ1) is 9.31. The van der Waals surface area contributed by atoms with Gasteiger partial charge < -0.3 is 10.5 Å². The zero-order chi connectivity index (χ0) is 15.2. The van der Waals surface area contributed by atoms with Crippen LogP contribution in [0, 0.1) is 0 Å². The SMILES string of the molecule is CCC(N)Cc1cc(Cl)ccc1OCCCC(F)(F)F. The van der Waals surface area contributed by atoms with Crippen LogP contribution >= 0.6 is 11.6 Å². The zero-order valence-corrected chi connectivity index (χ0v) is 12.1. The Kier molecular flexibility index (Phi) is 6.62. The maximum Gasteiger partial charge on any atom is 0.389 e.